The molecule has 2 heterocycles. The molecule has 7 nitrogen and oxygen atoms in total. The maximum atomic E-state index is 12.6. The largest absolute Gasteiger partial charge is 0.335 e. The zero-order valence-electron chi connectivity index (χ0n) is 15.4. The summed E-state index contributed by atoms with van der Waals surface area (Å²) >= 11 is 7.32. The fourth-order valence-electron chi connectivity index (χ4n) is 2.91. The van der Waals surface area contributed by atoms with Crippen LogP contribution in [-0.2, 0) is 9.59 Å². The van der Waals surface area contributed by atoms with Crippen molar-refractivity contribution in [3.63, 3.8) is 0 Å². The molecule has 1 aromatic heterocycles. The SMILES string of the molecule is CC(=O)Nc1ccc(C(=O)N2CCN(CC(=O)Nc3ccccc3Cl)CC2)s1. The number of carbonyl (C=O) groups is 3. The van der Waals surface area contributed by atoms with E-state index in [2.05, 4.69) is 10.6 Å². The number of benzene rings is 1. The molecule has 9 heteroatoms. The summed E-state index contributed by atoms with van der Waals surface area (Å²) in [7, 11) is 0. The van der Waals surface area contributed by atoms with Crippen molar-refractivity contribution in [2.45, 2.75) is 6.92 Å². The smallest absolute Gasteiger partial charge is 0.264 e. The predicted molar refractivity (Wildman–Crippen MR) is 111 cm³/mol. The minimum absolute atomic E-state index is 0.0539. The van der Waals surface area contributed by atoms with E-state index in [0.717, 1.165) is 0 Å². The van der Waals surface area contributed by atoms with E-state index in [1.165, 1.54) is 18.3 Å². The lowest BCUT2D eigenvalue weighted by molar-refractivity contribution is -0.117. The number of hydrogen-bond donors (Lipinski definition) is 2. The normalized spacial score (nSPS) is 14.6. The summed E-state index contributed by atoms with van der Waals surface area (Å²) in [6.45, 7) is 4.01. The number of para-hydroxylation sites is 1. The highest BCUT2D eigenvalue weighted by molar-refractivity contribution is 7.18. The van der Waals surface area contributed by atoms with Gasteiger partial charge in [-0.1, -0.05) is 23.7 Å². The first-order valence-electron chi connectivity index (χ1n) is 8.86. The summed E-state index contributed by atoms with van der Waals surface area (Å²) in [5, 5.41) is 6.65. The molecular weight excluding hydrogens is 400 g/mol. The molecule has 0 atom stereocenters. The molecule has 1 aliphatic heterocycles. The first-order valence-corrected chi connectivity index (χ1v) is 10.1. The molecule has 1 aromatic carbocycles. The van der Waals surface area contributed by atoms with E-state index in [1.807, 2.05) is 11.0 Å². The topological polar surface area (TPSA) is 81.8 Å². The number of amides is 3. The van der Waals surface area contributed by atoms with E-state index in [1.54, 1.807) is 35.2 Å². The van der Waals surface area contributed by atoms with Gasteiger partial charge in [0.2, 0.25) is 11.8 Å². The zero-order valence-corrected chi connectivity index (χ0v) is 17.0. The highest BCUT2D eigenvalue weighted by Crippen LogP contribution is 2.24. The molecule has 0 spiro atoms. The molecule has 0 radical (unpaired) electrons. The van der Waals surface area contributed by atoms with Crippen molar-refractivity contribution in [1.82, 2.24) is 9.80 Å². The minimum Gasteiger partial charge on any atom is -0.335 e. The van der Waals surface area contributed by atoms with Crippen LogP contribution < -0.4 is 10.6 Å². The Morgan fingerprint density at radius 1 is 1.04 bits per heavy atom. The first kappa shape index (κ1) is 20.3. The Labute approximate surface area is 172 Å². The van der Waals surface area contributed by atoms with E-state index < -0.39 is 0 Å². The average Bonchev–Trinajstić information content (AvgIpc) is 3.11. The molecule has 0 saturated carbocycles. The lowest BCUT2D eigenvalue weighted by atomic mass is 10.2. The Hall–Kier alpha value is -2.42. The first-order chi connectivity index (χ1) is 13.4. The molecule has 0 aliphatic carbocycles. The van der Waals surface area contributed by atoms with Gasteiger partial charge in [0.15, 0.2) is 0 Å². The van der Waals surface area contributed by atoms with Crippen LogP contribution in [0.1, 0.15) is 16.6 Å². The van der Waals surface area contributed by atoms with Crippen LogP contribution in [0.2, 0.25) is 5.02 Å². The van der Waals surface area contributed by atoms with Gasteiger partial charge in [-0.05, 0) is 24.3 Å². The number of rotatable bonds is 5. The van der Waals surface area contributed by atoms with E-state index in [-0.39, 0.29) is 24.3 Å². The van der Waals surface area contributed by atoms with Crippen molar-refractivity contribution in [3.05, 3.63) is 46.3 Å². The number of hydrogen-bond acceptors (Lipinski definition) is 5. The molecule has 1 aliphatic rings. The summed E-state index contributed by atoms with van der Waals surface area (Å²) in [6.07, 6.45) is 0. The molecule has 2 N–H and O–H groups in total. The third kappa shape index (κ3) is 5.31. The number of nitrogens with zero attached hydrogens (tertiary/aromatic N) is 2. The van der Waals surface area contributed by atoms with Crippen LogP contribution in [0.3, 0.4) is 0 Å². The van der Waals surface area contributed by atoms with Crippen LogP contribution >= 0.6 is 22.9 Å². The second-order valence-electron chi connectivity index (χ2n) is 6.44. The van der Waals surface area contributed by atoms with Gasteiger partial charge in [-0.2, -0.15) is 0 Å². The van der Waals surface area contributed by atoms with Gasteiger partial charge in [0.05, 0.1) is 27.1 Å². The van der Waals surface area contributed by atoms with E-state index >= 15 is 0 Å². The van der Waals surface area contributed by atoms with Crippen molar-refractivity contribution in [2.24, 2.45) is 0 Å². The molecule has 148 valence electrons. The molecule has 0 unspecified atom stereocenters. The third-order valence-electron chi connectivity index (χ3n) is 4.29. The van der Waals surface area contributed by atoms with Gasteiger partial charge >= 0.3 is 0 Å². The highest BCUT2D eigenvalue weighted by Gasteiger charge is 2.24. The standard InChI is InChI=1S/C19H21ClN4O3S/c1-13(25)21-18-7-6-16(28-18)19(27)24-10-8-23(9-11-24)12-17(26)22-15-5-3-2-4-14(15)20/h2-7H,8-12H2,1H3,(H,21,25)(H,22,26). The number of nitrogens with one attached hydrogen (secondary N) is 2. The molecule has 1 saturated heterocycles. The Balaban J connectivity index is 1.48. The number of anilines is 2. The fourth-order valence-corrected chi connectivity index (χ4v) is 4.02. The second-order valence-corrected chi connectivity index (χ2v) is 7.93. The van der Waals surface area contributed by atoms with Crippen molar-refractivity contribution in [1.29, 1.82) is 0 Å². The lowest BCUT2D eigenvalue weighted by Crippen LogP contribution is -2.50. The Bertz CT molecular complexity index is 878. The number of carbonyl (C=O) groups excluding carboxylic acids is 3. The van der Waals surface area contributed by atoms with Crippen LogP contribution in [0.15, 0.2) is 36.4 Å². The van der Waals surface area contributed by atoms with Crippen LogP contribution in [0, 0.1) is 0 Å². The number of thiophene rings is 1. The van der Waals surface area contributed by atoms with Crippen LogP contribution in [0.25, 0.3) is 0 Å². The Morgan fingerprint density at radius 2 is 1.75 bits per heavy atom. The maximum Gasteiger partial charge on any atom is 0.264 e. The van der Waals surface area contributed by atoms with Gasteiger partial charge in [-0.25, -0.2) is 0 Å². The Kier molecular flexibility index (Phi) is 6.66. The van der Waals surface area contributed by atoms with Crippen molar-refractivity contribution < 1.29 is 14.4 Å². The monoisotopic (exact) mass is 420 g/mol. The molecule has 0 bridgehead atoms. The summed E-state index contributed by atoms with van der Waals surface area (Å²) in [5.41, 5.74) is 0.593. The van der Waals surface area contributed by atoms with E-state index in [9.17, 15) is 14.4 Å². The van der Waals surface area contributed by atoms with Gasteiger partial charge < -0.3 is 15.5 Å². The molecule has 2 aromatic rings. The minimum atomic E-state index is -0.162. The van der Waals surface area contributed by atoms with Crippen LogP contribution in [0.4, 0.5) is 10.7 Å². The summed E-state index contributed by atoms with van der Waals surface area (Å²) in [4.78, 5) is 40.3. The Morgan fingerprint density at radius 3 is 2.43 bits per heavy atom. The highest BCUT2D eigenvalue weighted by atomic mass is 35.5. The van der Waals surface area contributed by atoms with Crippen molar-refractivity contribution in [3.8, 4) is 0 Å². The average molecular weight is 421 g/mol. The van der Waals surface area contributed by atoms with E-state index in [4.69, 9.17) is 11.6 Å². The van der Waals surface area contributed by atoms with E-state index in [0.29, 0.717) is 46.8 Å². The summed E-state index contributed by atoms with van der Waals surface area (Å²) in [5.74, 6) is -0.350. The molecule has 3 rings (SSSR count). The second kappa shape index (κ2) is 9.18. The van der Waals surface area contributed by atoms with Crippen LogP contribution in [-0.4, -0.2) is 60.2 Å². The van der Waals surface area contributed by atoms with Gasteiger partial charge in [0, 0.05) is 33.1 Å². The van der Waals surface area contributed by atoms with Gasteiger partial charge in [-0.3, -0.25) is 19.3 Å². The zero-order chi connectivity index (χ0) is 20.1. The van der Waals surface area contributed by atoms with Gasteiger partial charge in [-0.15, -0.1) is 11.3 Å². The van der Waals surface area contributed by atoms with Crippen molar-refractivity contribution in [2.75, 3.05) is 43.4 Å². The van der Waals surface area contributed by atoms with Crippen LogP contribution in [0.5, 0.6) is 0 Å². The maximum absolute atomic E-state index is 12.6. The predicted octanol–water partition coefficient (Wildman–Crippen LogP) is 2.76. The van der Waals surface area contributed by atoms with Crippen molar-refractivity contribution >= 4 is 51.3 Å². The molecule has 1 fully saturated rings. The quantitative estimate of drug-likeness (QED) is 0.779. The lowest BCUT2D eigenvalue weighted by Gasteiger charge is -2.34. The third-order valence-corrected chi connectivity index (χ3v) is 5.61. The summed E-state index contributed by atoms with van der Waals surface area (Å²) < 4.78 is 0. The molecule has 3 amide bonds. The van der Waals surface area contributed by atoms with Gasteiger partial charge in [0.1, 0.15) is 0 Å². The number of halogens is 1. The van der Waals surface area contributed by atoms with Gasteiger partial charge in [0.25, 0.3) is 5.91 Å². The fraction of sp³-hybridized carbons (Fsp3) is 0.316. The molecule has 28 heavy (non-hydrogen) atoms. The molecular formula is C19H21ClN4O3S. The number of piperazine rings is 1. The summed E-state index contributed by atoms with van der Waals surface area (Å²) in [6, 6.07) is 10.6.